The number of aliphatic carboxylic acids is 1. The number of nitrogens with two attached hydrogens (primary N) is 2. The van der Waals surface area contributed by atoms with Crippen molar-refractivity contribution in [3.8, 4) is 22.8 Å². The van der Waals surface area contributed by atoms with Crippen molar-refractivity contribution in [3.63, 3.8) is 0 Å². The predicted molar refractivity (Wildman–Crippen MR) is 161 cm³/mol. The fourth-order valence-corrected chi connectivity index (χ4v) is 4.52. The van der Waals surface area contributed by atoms with Gasteiger partial charge in [-0.15, -0.1) is 0 Å². The van der Waals surface area contributed by atoms with Crippen LogP contribution in [-0.2, 0) is 17.9 Å². The summed E-state index contributed by atoms with van der Waals surface area (Å²) in [4.78, 5) is 18.6. The van der Waals surface area contributed by atoms with Gasteiger partial charge in [0, 0.05) is 35.9 Å². The fourth-order valence-electron chi connectivity index (χ4n) is 4.33. The Balaban J connectivity index is 0.000000566. The van der Waals surface area contributed by atoms with E-state index in [0.29, 0.717) is 28.6 Å². The third-order valence-electron chi connectivity index (χ3n) is 6.28. The number of rotatable bonds is 10. The SMILES string of the molecule is CCn1c(-c2nonc2N)nc2c(-c3cccc(Cl)c3)ncc(NCCCNCc3cccc(N)c3)c21.O=C(O)C(F)(F)F. The Kier molecular flexibility index (Phi) is 10.2. The number of alkyl halides is 3. The second kappa shape index (κ2) is 14.1. The molecule has 0 amide bonds. The molecule has 12 nitrogen and oxygen atoms in total. The van der Waals surface area contributed by atoms with Crippen LogP contribution < -0.4 is 22.1 Å². The van der Waals surface area contributed by atoms with Crippen LogP contribution in [0.3, 0.4) is 0 Å². The number of aromatic nitrogens is 5. The number of imidazole rings is 1. The lowest BCUT2D eigenvalue weighted by atomic mass is 10.1. The molecule has 3 aromatic heterocycles. The van der Waals surface area contributed by atoms with Crippen LogP contribution in [0.1, 0.15) is 18.9 Å². The summed E-state index contributed by atoms with van der Waals surface area (Å²) in [5.41, 5.74) is 18.3. The number of halogens is 4. The number of hydrogen-bond acceptors (Lipinski definition) is 10. The molecule has 0 atom stereocenters. The zero-order valence-corrected chi connectivity index (χ0v) is 24.2. The monoisotopic (exact) mass is 631 g/mol. The minimum atomic E-state index is -5.08. The number of hydrogen-bond donors (Lipinski definition) is 5. The first-order chi connectivity index (χ1) is 21.0. The van der Waals surface area contributed by atoms with E-state index in [0.717, 1.165) is 59.8 Å². The quantitative estimate of drug-likeness (QED) is 0.101. The molecular formula is C28H29ClF3N9O3. The van der Waals surface area contributed by atoms with Crippen LogP contribution in [0.15, 0.2) is 59.4 Å². The van der Waals surface area contributed by atoms with Gasteiger partial charge >= 0.3 is 12.1 Å². The highest BCUT2D eigenvalue weighted by Crippen LogP contribution is 2.36. The molecule has 0 aliphatic rings. The lowest BCUT2D eigenvalue weighted by molar-refractivity contribution is -0.192. The number of carboxylic acid groups (broad SMARTS) is 1. The standard InChI is InChI=1S/C26H28ClN9O.C2HF3O2/c1-2-36-24-20(31-11-5-10-30-14-16-6-3-9-19(28)12-16)15-32-21(17-7-4-8-18(27)13-17)22(24)33-26(36)23-25(29)35-37-34-23;3-2(4,5)1(6)7/h3-4,6-9,12-13,15,30-31H,2,5,10-11,14,28H2,1H3,(H2,29,35);(H,6,7). The normalized spacial score (nSPS) is 11.3. The number of nitrogen functional groups attached to an aromatic ring is 2. The minimum Gasteiger partial charge on any atom is -0.475 e. The molecule has 3 heterocycles. The highest BCUT2D eigenvalue weighted by atomic mass is 35.5. The van der Waals surface area contributed by atoms with E-state index in [9.17, 15) is 13.2 Å². The van der Waals surface area contributed by atoms with E-state index >= 15 is 0 Å². The van der Waals surface area contributed by atoms with Gasteiger partial charge in [-0.05, 0) is 60.0 Å². The molecule has 44 heavy (non-hydrogen) atoms. The molecule has 16 heteroatoms. The van der Waals surface area contributed by atoms with Gasteiger partial charge in [-0.3, -0.25) is 4.98 Å². The number of pyridine rings is 1. The number of benzene rings is 2. The van der Waals surface area contributed by atoms with E-state index in [4.69, 9.17) is 47.6 Å². The second-order valence-electron chi connectivity index (χ2n) is 9.41. The largest absolute Gasteiger partial charge is 0.490 e. The lowest BCUT2D eigenvalue weighted by Crippen LogP contribution is -2.21. The smallest absolute Gasteiger partial charge is 0.475 e. The van der Waals surface area contributed by atoms with Crippen LogP contribution >= 0.6 is 11.6 Å². The number of fused-ring (bicyclic) bond motifs is 1. The molecule has 5 rings (SSSR count). The predicted octanol–water partition coefficient (Wildman–Crippen LogP) is 5.21. The molecule has 5 aromatic rings. The summed E-state index contributed by atoms with van der Waals surface area (Å²) in [6.07, 6.45) is -2.34. The summed E-state index contributed by atoms with van der Waals surface area (Å²) in [5, 5.41) is 22.5. The van der Waals surface area contributed by atoms with Gasteiger partial charge in [0.15, 0.2) is 17.3 Å². The Morgan fingerprint density at radius 3 is 2.48 bits per heavy atom. The Morgan fingerprint density at radius 2 is 1.84 bits per heavy atom. The van der Waals surface area contributed by atoms with Crippen LogP contribution in [0, 0.1) is 0 Å². The van der Waals surface area contributed by atoms with Gasteiger partial charge in [0.1, 0.15) is 5.52 Å². The molecule has 0 saturated heterocycles. The van der Waals surface area contributed by atoms with Crippen molar-refractivity contribution < 1.29 is 27.7 Å². The maximum absolute atomic E-state index is 10.6. The number of nitrogens with zero attached hydrogens (tertiary/aromatic N) is 5. The molecular weight excluding hydrogens is 603 g/mol. The van der Waals surface area contributed by atoms with Crippen LogP contribution in [0.2, 0.25) is 5.02 Å². The summed E-state index contributed by atoms with van der Waals surface area (Å²) in [6, 6.07) is 15.5. The van der Waals surface area contributed by atoms with Gasteiger partial charge < -0.3 is 31.8 Å². The number of aryl methyl sites for hydroxylation is 1. The van der Waals surface area contributed by atoms with Gasteiger partial charge in [0.05, 0.1) is 23.1 Å². The molecule has 0 aliphatic carbocycles. The van der Waals surface area contributed by atoms with Gasteiger partial charge in [0.25, 0.3) is 0 Å². The van der Waals surface area contributed by atoms with Crippen molar-refractivity contribution in [2.45, 2.75) is 32.6 Å². The third-order valence-corrected chi connectivity index (χ3v) is 6.51. The van der Waals surface area contributed by atoms with Crippen molar-refractivity contribution in [1.29, 1.82) is 0 Å². The summed E-state index contributed by atoms with van der Waals surface area (Å²) < 4.78 is 38.6. The number of nitrogens with one attached hydrogen (secondary N) is 2. The van der Waals surface area contributed by atoms with E-state index < -0.39 is 12.1 Å². The highest BCUT2D eigenvalue weighted by molar-refractivity contribution is 6.30. The molecule has 0 saturated carbocycles. The first kappa shape index (κ1) is 32.0. The van der Waals surface area contributed by atoms with Crippen LogP contribution in [-0.4, -0.2) is 55.2 Å². The van der Waals surface area contributed by atoms with Crippen molar-refractivity contribution in [3.05, 3.63) is 65.3 Å². The lowest BCUT2D eigenvalue weighted by Gasteiger charge is -2.13. The maximum Gasteiger partial charge on any atom is 0.490 e. The highest BCUT2D eigenvalue weighted by Gasteiger charge is 2.38. The Hall–Kier alpha value is -4.89. The first-order valence-electron chi connectivity index (χ1n) is 13.3. The third kappa shape index (κ3) is 7.73. The van der Waals surface area contributed by atoms with Crippen molar-refractivity contribution >= 4 is 45.8 Å². The Labute approximate surface area is 254 Å². The van der Waals surface area contributed by atoms with Crippen molar-refractivity contribution in [1.82, 2.24) is 30.2 Å². The number of carbonyl (C=O) groups is 1. The molecule has 0 fully saturated rings. The molecule has 232 valence electrons. The maximum atomic E-state index is 10.6. The van der Waals surface area contributed by atoms with E-state index in [1.165, 1.54) is 0 Å². The van der Waals surface area contributed by atoms with Crippen LogP contribution in [0.4, 0.5) is 30.4 Å². The molecule has 0 unspecified atom stereocenters. The fraction of sp³-hybridized carbons (Fsp3) is 0.250. The molecule has 0 spiro atoms. The first-order valence-corrected chi connectivity index (χ1v) is 13.7. The number of anilines is 3. The van der Waals surface area contributed by atoms with Crippen LogP contribution in [0.25, 0.3) is 33.8 Å². The van der Waals surface area contributed by atoms with Gasteiger partial charge in [-0.2, -0.15) is 13.2 Å². The van der Waals surface area contributed by atoms with Crippen molar-refractivity contribution in [2.75, 3.05) is 29.9 Å². The summed E-state index contributed by atoms with van der Waals surface area (Å²) >= 11 is 6.27. The summed E-state index contributed by atoms with van der Waals surface area (Å²) in [6.45, 7) is 5.03. The summed E-state index contributed by atoms with van der Waals surface area (Å²) in [5.74, 6) is -2.00. The Morgan fingerprint density at radius 1 is 1.09 bits per heavy atom. The van der Waals surface area contributed by atoms with E-state index in [2.05, 4.69) is 27.0 Å². The van der Waals surface area contributed by atoms with Crippen LogP contribution in [0.5, 0.6) is 0 Å². The molecule has 0 bridgehead atoms. The molecule has 0 aliphatic heterocycles. The van der Waals surface area contributed by atoms with Gasteiger partial charge in [-0.1, -0.05) is 35.9 Å². The Bertz CT molecular complexity index is 1740. The zero-order chi connectivity index (χ0) is 31.9. The second-order valence-corrected chi connectivity index (χ2v) is 9.85. The molecule has 2 aromatic carbocycles. The van der Waals surface area contributed by atoms with Gasteiger partial charge in [-0.25, -0.2) is 14.4 Å². The summed E-state index contributed by atoms with van der Waals surface area (Å²) in [7, 11) is 0. The topological polar surface area (TPSA) is 183 Å². The van der Waals surface area contributed by atoms with E-state index in [1.807, 2.05) is 60.2 Å². The molecule has 7 N–H and O–H groups in total. The van der Waals surface area contributed by atoms with Crippen molar-refractivity contribution in [2.24, 2.45) is 0 Å². The van der Waals surface area contributed by atoms with Gasteiger partial charge in [0.2, 0.25) is 0 Å². The average Bonchev–Trinajstić information content (AvgIpc) is 3.58. The van der Waals surface area contributed by atoms with E-state index in [1.54, 1.807) is 0 Å². The zero-order valence-electron chi connectivity index (χ0n) is 23.4. The number of carboxylic acids is 1. The molecule has 0 radical (unpaired) electrons. The minimum absolute atomic E-state index is 0.183. The average molecular weight is 632 g/mol. The van der Waals surface area contributed by atoms with E-state index in [-0.39, 0.29) is 5.82 Å².